The number of rotatable bonds is 5. The van der Waals surface area contributed by atoms with Gasteiger partial charge in [0, 0.05) is 27.2 Å². The van der Waals surface area contributed by atoms with Crippen LogP contribution < -0.4 is 0 Å². The number of carbonyl (C=O) groups is 3. The zero-order chi connectivity index (χ0) is 21.2. The van der Waals surface area contributed by atoms with Gasteiger partial charge in [-0.2, -0.15) is 0 Å². The van der Waals surface area contributed by atoms with Crippen LogP contribution in [0.15, 0.2) is 0 Å². The first kappa shape index (κ1) is 22.0. The van der Waals surface area contributed by atoms with Gasteiger partial charge in [0.25, 0.3) is 0 Å². The SMILES string of the molecule is CN(C)C(=O)[C@@H]1CN(C(=O)CC2(O)CCCC2)CCN1C(=O)CC1(O)CCCC1. The summed E-state index contributed by atoms with van der Waals surface area (Å²) in [5, 5.41) is 21.2. The molecule has 3 aliphatic rings. The van der Waals surface area contributed by atoms with Crippen molar-refractivity contribution >= 4 is 17.7 Å². The van der Waals surface area contributed by atoms with Crippen LogP contribution >= 0.6 is 0 Å². The topological polar surface area (TPSA) is 101 Å². The highest BCUT2D eigenvalue weighted by Gasteiger charge is 2.42. The lowest BCUT2D eigenvalue weighted by molar-refractivity contribution is -0.155. The summed E-state index contributed by atoms with van der Waals surface area (Å²) in [5.74, 6) is -0.613. The largest absolute Gasteiger partial charge is 0.389 e. The van der Waals surface area contributed by atoms with Gasteiger partial charge in [0.1, 0.15) is 6.04 Å². The number of piperazine rings is 1. The highest BCUT2D eigenvalue weighted by Crippen LogP contribution is 2.34. The molecule has 1 heterocycles. The van der Waals surface area contributed by atoms with Crippen molar-refractivity contribution in [3.05, 3.63) is 0 Å². The summed E-state index contributed by atoms with van der Waals surface area (Å²) in [4.78, 5) is 43.1. The van der Waals surface area contributed by atoms with Crippen molar-refractivity contribution in [3.8, 4) is 0 Å². The molecule has 0 spiro atoms. The van der Waals surface area contributed by atoms with E-state index in [1.807, 2.05) is 0 Å². The summed E-state index contributed by atoms with van der Waals surface area (Å²) in [7, 11) is 3.27. The van der Waals surface area contributed by atoms with Crippen LogP contribution in [0.4, 0.5) is 0 Å². The van der Waals surface area contributed by atoms with Crippen molar-refractivity contribution in [1.29, 1.82) is 0 Å². The van der Waals surface area contributed by atoms with Crippen LogP contribution in [-0.4, -0.2) is 93.6 Å². The lowest BCUT2D eigenvalue weighted by Crippen LogP contribution is -2.62. The van der Waals surface area contributed by atoms with Gasteiger partial charge in [0.2, 0.25) is 17.7 Å². The second kappa shape index (κ2) is 8.60. The standard InChI is InChI=1S/C21H35N3O5/c1-22(2)19(27)16-15-23(17(25)13-20(28)7-3-4-8-20)11-12-24(16)18(26)14-21(29)9-5-6-10-21/h16,28-29H,3-15H2,1-2H3/t16-/m0/s1. The van der Waals surface area contributed by atoms with Crippen LogP contribution in [0.1, 0.15) is 64.2 Å². The van der Waals surface area contributed by atoms with E-state index in [-0.39, 0.29) is 43.7 Å². The van der Waals surface area contributed by atoms with Crippen molar-refractivity contribution in [2.75, 3.05) is 33.7 Å². The summed E-state index contributed by atoms with van der Waals surface area (Å²) >= 11 is 0. The second-order valence-corrected chi connectivity index (χ2v) is 9.39. The lowest BCUT2D eigenvalue weighted by atomic mass is 9.95. The maximum atomic E-state index is 13.0. The Morgan fingerprint density at radius 1 is 0.862 bits per heavy atom. The molecule has 3 fully saturated rings. The molecular weight excluding hydrogens is 374 g/mol. The number of carbonyl (C=O) groups excluding carboxylic acids is 3. The molecule has 0 aromatic rings. The zero-order valence-corrected chi connectivity index (χ0v) is 17.7. The summed E-state index contributed by atoms with van der Waals surface area (Å²) in [5.41, 5.74) is -1.90. The molecule has 0 aromatic heterocycles. The van der Waals surface area contributed by atoms with Crippen LogP contribution in [0.3, 0.4) is 0 Å². The van der Waals surface area contributed by atoms with Gasteiger partial charge < -0.3 is 24.9 Å². The van der Waals surface area contributed by atoms with E-state index in [2.05, 4.69) is 0 Å². The first-order chi connectivity index (χ1) is 13.6. The molecule has 0 unspecified atom stereocenters. The molecule has 1 aliphatic heterocycles. The smallest absolute Gasteiger partial charge is 0.246 e. The summed E-state index contributed by atoms with van der Waals surface area (Å²) in [6.07, 6.45) is 6.27. The van der Waals surface area contributed by atoms with Crippen molar-refractivity contribution in [2.24, 2.45) is 0 Å². The first-order valence-corrected chi connectivity index (χ1v) is 10.9. The van der Waals surface area contributed by atoms with E-state index in [1.54, 1.807) is 19.0 Å². The van der Waals surface area contributed by atoms with Crippen LogP contribution in [0.25, 0.3) is 0 Å². The van der Waals surface area contributed by atoms with Crippen LogP contribution in [0.2, 0.25) is 0 Å². The van der Waals surface area contributed by atoms with E-state index < -0.39 is 17.2 Å². The minimum absolute atomic E-state index is 0.0257. The summed E-state index contributed by atoms with van der Waals surface area (Å²) in [6, 6.07) is -0.751. The second-order valence-electron chi connectivity index (χ2n) is 9.39. The van der Waals surface area contributed by atoms with Crippen molar-refractivity contribution < 1.29 is 24.6 Å². The third-order valence-electron chi connectivity index (χ3n) is 6.81. The van der Waals surface area contributed by atoms with Crippen LogP contribution in [0, 0.1) is 0 Å². The maximum absolute atomic E-state index is 13.0. The summed E-state index contributed by atoms with van der Waals surface area (Å²) in [6.45, 7) is 0.746. The Morgan fingerprint density at radius 2 is 1.34 bits per heavy atom. The van der Waals surface area contributed by atoms with Gasteiger partial charge in [0.05, 0.1) is 30.6 Å². The van der Waals surface area contributed by atoms with Crippen LogP contribution in [-0.2, 0) is 14.4 Å². The molecule has 8 nitrogen and oxygen atoms in total. The van der Waals surface area contributed by atoms with Gasteiger partial charge in [-0.15, -0.1) is 0 Å². The van der Waals surface area contributed by atoms with E-state index in [0.29, 0.717) is 32.2 Å². The molecule has 0 bridgehead atoms. The Hall–Kier alpha value is -1.67. The molecule has 164 valence electrons. The van der Waals surface area contributed by atoms with Crippen molar-refractivity contribution in [2.45, 2.75) is 81.5 Å². The quantitative estimate of drug-likeness (QED) is 0.689. The Labute approximate surface area is 172 Å². The maximum Gasteiger partial charge on any atom is 0.246 e. The average Bonchev–Trinajstić information content (AvgIpc) is 3.28. The van der Waals surface area contributed by atoms with E-state index >= 15 is 0 Å². The van der Waals surface area contributed by atoms with Crippen molar-refractivity contribution in [3.63, 3.8) is 0 Å². The summed E-state index contributed by atoms with van der Waals surface area (Å²) < 4.78 is 0. The Balaban J connectivity index is 1.68. The number of nitrogens with zero attached hydrogens (tertiary/aromatic N) is 3. The Morgan fingerprint density at radius 3 is 1.83 bits per heavy atom. The van der Waals surface area contributed by atoms with E-state index in [4.69, 9.17) is 0 Å². The third-order valence-corrected chi connectivity index (χ3v) is 6.81. The van der Waals surface area contributed by atoms with E-state index in [9.17, 15) is 24.6 Å². The molecule has 2 N–H and O–H groups in total. The molecule has 29 heavy (non-hydrogen) atoms. The van der Waals surface area contributed by atoms with E-state index in [1.165, 1.54) is 9.80 Å². The fraction of sp³-hybridized carbons (Fsp3) is 0.857. The average molecular weight is 410 g/mol. The molecule has 0 radical (unpaired) electrons. The molecule has 2 saturated carbocycles. The van der Waals surface area contributed by atoms with Crippen LogP contribution in [0.5, 0.6) is 0 Å². The van der Waals surface area contributed by atoms with E-state index in [0.717, 1.165) is 25.7 Å². The zero-order valence-electron chi connectivity index (χ0n) is 17.7. The fourth-order valence-electron chi connectivity index (χ4n) is 5.01. The normalized spacial score (nSPS) is 25.9. The number of hydrogen-bond acceptors (Lipinski definition) is 5. The minimum Gasteiger partial charge on any atom is -0.389 e. The highest BCUT2D eigenvalue weighted by molar-refractivity contribution is 5.89. The predicted molar refractivity (Wildman–Crippen MR) is 107 cm³/mol. The van der Waals surface area contributed by atoms with Gasteiger partial charge in [0.15, 0.2) is 0 Å². The van der Waals surface area contributed by atoms with Gasteiger partial charge in [-0.05, 0) is 25.7 Å². The molecule has 3 amide bonds. The Kier molecular flexibility index (Phi) is 6.53. The molecule has 0 aromatic carbocycles. The van der Waals surface area contributed by atoms with Gasteiger partial charge in [-0.1, -0.05) is 25.7 Å². The molecule has 2 aliphatic carbocycles. The first-order valence-electron chi connectivity index (χ1n) is 10.9. The number of aliphatic hydroxyl groups is 2. The van der Waals surface area contributed by atoms with Gasteiger partial charge in [-0.3, -0.25) is 14.4 Å². The lowest BCUT2D eigenvalue weighted by Gasteiger charge is -2.42. The molecule has 3 rings (SSSR count). The van der Waals surface area contributed by atoms with Gasteiger partial charge in [-0.25, -0.2) is 0 Å². The minimum atomic E-state index is -0.971. The molecule has 1 atom stereocenters. The monoisotopic (exact) mass is 409 g/mol. The highest BCUT2D eigenvalue weighted by atomic mass is 16.3. The third kappa shape index (κ3) is 5.09. The predicted octanol–water partition coefficient (Wildman–Crippen LogP) is 0.504. The van der Waals surface area contributed by atoms with Crippen molar-refractivity contribution in [1.82, 2.24) is 14.7 Å². The number of likely N-dealkylation sites (N-methyl/N-ethyl adjacent to an activating group) is 1. The Bertz CT molecular complexity index is 638. The number of amides is 3. The number of hydrogen-bond donors (Lipinski definition) is 2. The van der Waals surface area contributed by atoms with Gasteiger partial charge >= 0.3 is 0 Å². The molecule has 8 heteroatoms. The fourth-order valence-corrected chi connectivity index (χ4v) is 5.01. The molecular formula is C21H35N3O5. The molecule has 1 saturated heterocycles.